The molecule has 100 valence electrons. The van der Waals surface area contributed by atoms with Crippen LogP contribution in [-0.4, -0.2) is 23.5 Å². The molecule has 3 N–H and O–H groups in total. The Labute approximate surface area is 112 Å². The summed E-state index contributed by atoms with van der Waals surface area (Å²) in [4.78, 5) is 17.4. The Morgan fingerprint density at radius 3 is 3.00 bits per heavy atom. The number of amides is 1. The number of thiazole rings is 1. The summed E-state index contributed by atoms with van der Waals surface area (Å²) in [7, 11) is 0. The number of carbonyl (C=O) groups is 1. The number of nitrogens with zero attached hydrogens (tertiary/aromatic N) is 1. The zero-order valence-corrected chi connectivity index (χ0v) is 11.7. The molecule has 0 fully saturated rings. The van der Waals surface area contributed by atoms with Crippen molar-refractivity contribution >= 4 is 17.2 Å². The maximum absolute atomic E-state index is 11.3. The minimum atomic E-state index is -0.419. The number of carbonyl (C=O) groups excluding carboxylic acids is 1. The van der Waals surface area contributed by atoms with Crippen LogP contribution in [0.2, 0.25) is 0 Å². The second-order valence-electron chi connectivity index (χ2n) is 4.87. The van der Waals surface area contributed by atoms with E-state index in [9.17, 15) is 4.79 Å². The van der Waals surface area contributed by atoms with Crippen molar-refractivity contribution in [3.8, 4) is 0 Å². The topological polar surface area (TPSA) is 68.0 Å². The first-order valence-electron chi connectivity index (χ1n) is 6.67. The van der Waals surface area contributed by atoms with Crippen LogP contribution in [0.25, 0.3) is 0 Å². The molecular formula is C13H21N3OS. The largest absolute Gasteiger partial charge is 0.355 e. The quantitative estimate of drug-likeness (QED) is 0.793. The summed E-state index contributed by atoms with van der Waals surface area (Å²) < 4.78 is 0. The van der Waals surface area contributed by atoms with Crippen molar-refractivity contribution in [2.24, 2.45) is 5.73 Å². The van der Waals surface area contributed by atoms with E-state index < -0.39 is 6.04 Å². The molecule has 0 bridgehead atoms. The van der Waals surface area contributed by atoms with E-state index in [0.717, 1.165) is 19.3 Å². The maximum atomic E-state index is 11.3. The molecule has 0 aromatic carbocycles. The van der Waals surface area contributed by atoms with Gasteiger partial charge in [-0.15, -0.1) is 11.3 Å². The molecule has 1 amide bonds. The number of fused-ring (bicyclic) bond motifs is 1. The van der Waals surface area contributed by atoms with Crippen molar-refractivity contribution < 1.29 is 4.79 Å². The smallest absolute Gasteiger partial charge is 0.236 e. The molecule has 0 radical (unpaired) electrons. The number of nitrogens with two attached hydrogens (primary N) is 1. The van der Waals surface area contributed by atoms with Crippen LogP contribution < -0.4 is 11.1 Å². The lowest BCUT2D eigenvalue weighted by molar-refractivity contribution is -0.121. The van der Waals surface area contributed by atoms with Crippen LogP contribution in [0, 0.1) is 0 Å². The van der Waals surface area contributed by atoms with E-state index in [0.29, 0.717) is 6.54 Å². The molecule has 1 heterocycles. The molecule has 1 aliphatic rings. The number of hydrogen-bond donors (Lipinski definition) is 2. The lowest BCUT2D eigenvalue weighted by Gasteiger charge is -2.06. The first-order chi connectivity index (χ1) is 8.66. The number of nitrogens with one attached hydrogen (secondary N) is 1. The van der Waals surface area contributed by atoms with E-state index in [1.54, 1.807) is 6.92 Å². The Bertz CT molecular complexity index is 391. The Kier molecular flexibility index (Phi) is 4.72. The van der Waals surface area contributed by atoms with Gasteiger partial charge in [-0.2, -0.15) is 0 Å². The van der Waals surface area contributed by atoms with E-state index in [4.69, 9.17) is 5.73 Å². The average molecular weight is 267 g/mol. The Morgan fingerprint density at radius 2 is 2.28 bits per heavy atom. The van der Waals surface area contributed by atoms with Gasteiger partial charge >= 0.3 is 0 Å². The lowest BCUT2D eigenvalue weighted by atomic mass is 10.0. The summed E-state index contributed by atoms with van der Waals surface area (Å²) in [6.45, 7) is 2.38. The van der Waals surface area contributed by atoms with Gasteiger partial charge in [-0.25, -0.2) is 4.98 Å². The second-order valence-corrected chi connectivity index (χ2v) is 6.04. The van der Waals surface area contributed by atoms with Crippen molar-refractivity contribution in [1.29, 1.82) is 0 Å². The van der Waals surface area contributed by atoms with E-state index in [2.05, 4.69) is 10.3 Å². The van der Waals surface area contributed by atoms with Crippen molar-refractivity contribution in [1.82, 2.24) is 10.3 Å². The molecule has 1 aromatic heterocycles. The summed E-state index contributed by atoms with van der Waals surface area (Å²) in [5.41, 5.74) is 6.79. The number of hydrogen-bond acceptors (Lipinski definition) is 4. The van der Waals surface area contributed by atoms with Gasteiger partial charge in [0, 0.05) is 17.8 Å². The molecule has 1 atom stereocenters. The first-order valence-corrected chi connectivity index (χ1v) is 7.49. The van der Waals surface area contributed by atoms with Gasteiger partial charge in [0.1, 0.15) is 0 Å². The SMILES string of the molecule is C[C@H](N)C(=O)NCCCc1nc2c(s1)CCCC2. The summed E-state index contributed by atoms with van der Waals surface area (Å²) in [5, 5.41) is 4.05. The molecule has 0 aliphatic heterocycles. The van der Waals surface area contributed by atoms with Crippen molar-refractivity contribution in [3.05, 3.63) is 15.6 Å². The molecule has 0 saturated carbocycles. The molecule has 1 aliphatic carbocycles. The van der Waals surface area contributed by atoms with E-state index in [-0.39, 0.29) is 5.91 Å². The Morgan fingerprint density at radius 1 is 1.50 bits per heavy atom. The zero-order chi connectivity index (χ0) is 13.0. The molecule has 5 heteroatoms. The predicted molar refractivity (Wildman–Crippen MR) is 73.7 cm³/mol. The van der Waals surface area contributed by atoms with Gasteiger partial charge in [-0.1, -0.05) is 0 Å². The maximum Gasteiger partial charge on any atom is 0.236 e. The van der Waals surface area contributed by atoms with Crippen LogP contribution >= 0.6 is 11.3 Å². The monoisotopic (exact) mass is 267 g/mol. The minimum absolute atomic E-state index is 0.0755. The molecule has 0 spiro atoms. The highest BCUT2D eigenvalue weighted by Crippen LogP contribution is 2.27. The molecule has 0 saturated heterocycles. The van der Waals surface area contributed by atoms with Crippen LogP contribution in [0.5, 0.6) is 0 Å². The van der Waals surface area contributed by atoms with Crippen LogP contribution in [0.3, 0.4) is 0 Å². The summed E-state index contributed by atoms with van der Waals surface area (Å²) in [6.07, 6.45) is 6.82. The van der Waals surface area contributed by atoms with E-state index in [1.807, 2.05) is 11.3 Å². The van der Waals surface area contributed by atoms with Gasteiger partial charge in [-0.3, -0.25) is 4.79 Å². The van der Waals surface area contributed by atoms with Crippen molar-refractivity contribution in [3.63, 3.8) is 0 Å². The van der Waals surface area contributed by atoms with Crippen LogP contribution in [0.15, 0.2) is 0 Å². The predicted octanol–water partition coefficient (Wildman–Crippen LogP) is 1.42. The minimum Gasteiger partial charge on any atom is -0.355 e. The fourth-order valence-corrected chi connectivity index (χ4v) is 3.32. The number of aryl methyl sites for hydroxylation is 3. The lowest BCUT2D eigenvalue weighted by Crippen LogP contribution is -2.38. The highest BCUT2D eigenvalue weighted by atomic mass is 32.1. The first kappa shape index (κ1) is 13.5. The summed E-state index contributed by atoms with van der Waals surface area (Å²) in [6, 6.07) is -0.419. The van der Waals surface area contributed by atoms with Crippen LogP contribution in [-0.2, 0) is 24.1 Å². The fourth-order valence-electron chi connectivity index (χ4n) is 2.12. The third-order valence-electron chi connectivity index (χ3n) is 3.17. The van der Waals surface area contributed by atoms with Gasteiger partial charge in [0.05, 0.1) is 16.7 Å². The average Bonchev–Trinajstić information content (AvgIpc) is 2.76. The summed E-state index contributed by atoms with van der Waals surface area (Å²) in [5.74, 6) is -0.0755. The van der Waals surface area contributed by atoms with Crippen LogP contribution in [0.4, 0.5) is 0 Å². The van der Waals surface area contributed by atoms with Gasteiger partial charge in [0.15, 0.2) is 0 Å². The van der Waals surface area contributed by atoms with Crippen molar-refractivity contribution in [2.75, 3.05) is 6.54 Å². The van der Waals surface area contributed by atoms with E-state index >= 15 is 0 Å². The van der Waals surface area contributed by atoms with Gasteiger partial charge in [0.25, 0.3) is 0 Å². The molecule has 2 rings (SSSR count). The molecular weight excluding hydrogens is 246 g/mol. The number of rotatable bonds is 5. The van der Waals surface area contributed by atoms with Gasteiger partial charge < -0.3 is 11.1 Å². The standard InChI is InChI=1S/C13H21N3OS/c1-9(14)13(17)15-8-4-7-12-16-10-5-2-3-6-11(10)18-12/h9H,2-8,14H2,1H3,(H,15,17)/t9-/m0/s1. The van der Waals surface area contributed by atoms with E-state index in [1.165, 1.54) is 34.8 Å². The third-order valence-corrected chi connectivity index (χ3v) is 4.39. The molecule has 1 aromatic rings. The highest BCUT2D eigenvalue weighted by molar-refractivity contribution is 7.11. The van der Waals surface area contributed by atoms with Crippen LogP contribution in [0.1, 0.15) is 41.8 Å². The molecule has 4 nitrogen and oxygen atoms in total. The Balaban J connectivity index is 1.74. The normalized spacial score (nSPS) is 16.1. The van der Waals surface area contributed by atoms with Gasteiger partial charge in [0.2, 0.25) is 5.91 Å². The second kappa shape index (κ2) is 6.29. The zero-order valence-electron chi connectivity index (χ0n) is 10.9. The Hall–Kier alpha value is -0.940. The number of aromatic nitrogens is 1. The third kappa shape index (κ3) is 3.53. The van der Waals surface area contributed by atoms with Crippen molar-refractivity contribution in [2.45, 2.75) is 51.5 Å². The molecule has 18 heavy (non-hydrogen) atoms. The highest BCUT2D eigenvalue weighted by Gasteiger charge is 2.14. The van der Waals surface area contributed by atoms with Gasteiger partial charge in [-0.05, 0) is 39.0 Å². The fraction of sp³-hybridized carbons (Fsp3) is 0.692. The summed E-state index contributed by atoms with van der Waals surface area (Å²) >= 11 is 1.85. The molecule has 0 unspecified atom stereocenters.